The van der Waals surface area contributed by atoms with Crippen LogP contribution in [0.1, 0.15) is 17.5 Å². The quantitative estimate of drug-likeness (QED) is 0.891. The zero-order valence-corrected chi connectivity index (χ0v) is 9.23. The molecule has 2 rings (SSSR count). The summed E-state index contributed by atoms with van der Waals surface area (Å²) in [6, 6.07) is 3.41. The van der Waals surface area contributed by atoms with Gasteiger partial charge in [-0.2, -0.15) is 5.10 Å². The molecule has 0 aliphatic carbocycles. The van der Waals surface area contributed by atoms with Gasteiger partial charge in [-0.3, -0.25) is 4.68 Å². The molecule has 0 saturated carbocycles. The van der Waals surface area contributed by atoms with E-state index in [1.807, 2.05) is 19.2 Å². The van der Waals surface area contributed by atoms with Crippen molar-refractivity contribution in [3.63, 3.8) is 0 Å². The molecule has 1 atom stereocenters. The molecule has 1 unspecified atom stereocenters. The lowest BCUT2D eigenvalue weighted by Gasteiger charge is -2.09. The highest BCUT2D eigenvalue weighted by Gasteiger charge is 2.17. The minimum atomic E-state index is -0.285. The zero-order valence-electron chi connectivity index (χ0n) is 7.64. The number of hydrogen-bond acceptors (Lipinski definition) is 3. The molecule has 5 heteroatoms. The van der Waals surface area contributed by atoms with Crippen LogP contribution in [0.4, 0.5) is 0 Å². The van der Waals surface area contributed by atoms with E-state index in [0.717, 1.165) is 10.2 Å². The van der Waals surface area contributed by atoms with Gasteiger partial charge < -0.3 is 10.2 Å². The summed E-state index contributed by atoms with van der Waals surface area (Å²) in [5.41, 5.74) is 6.94. The van der Waals surface area contributed by atoms with Crippen LogP contribution in [-0.4, -0.2) is 9.78 Å². The molecule has 0 spiro atoms. The molecule has 14 heavy (non-hydrogen) atoms. The van der Waals surface area contributed by atoms with Crippen molar-refractivity contribution >= 4 is 15.9 Å². The Labute approximate surface area is 89.8 Å². The van der Waals surface area contributed by atoms with Crippen LogP contribution in [0.25, 0.3) is 0 Å². The van der Waals surface area contributed by atoms with E-state index in [4.69, 9.17) is 10.2 Å². The standard InChI is InChI=1S/C9H10BrN3O/c1-13-7(2-4-12-13)8(11)9-6(10)3-5-14-9/h2-5,8H,11H2,1H3. The third-order valence-electron chi connectivity index (χ3n) is 2.10. The first-order valence-electron chi connectivity index (χ1n) is 4.16. The predicted octanol–water partition coefficient (Wildman–Crippen LogP) is 1.82. The molecule has 0 bridgehead atoms. The van der Waals surface area contributed by atoms with Crippen LogP contribution >= 0.6 is 15.9 Å². The van der Waals surface area contributed by atoms with Crippen LogP contribution in [-0.2, 0) is 7.05 Å². The summed E-state index contributed by atoms with van der Waals surface area (Å²) in [5, 5.41) is 4.06. The van der Waals surface area contributed by atoms with E-state index in [1.165, 1.54) is 0 Å². The first kappa shape index (κ1) is 9.48. The number of aryl methyl sites for hydroxylation is 1. The lowest BCUT2D eigenvalue weighted by molar-refractivity contribution is 0.476. The number of aromatic nitrogens is 2. The fraction of sp³-hybridized carbons (Fsp3) is 0.222. The molecule has 2 N–H and O–H groups in total. The highest BCUT2D eigenvalue weighted by molar-refractivity contribution is 9.10. The fourth-order valence-corrected chi connectivity index (χ4v) is 1.80. The van der Waals surface area contributed by atoms with Crippen molar-refractivity contribution in [2.45, 2.75) is 6.04 Å². The molecule has 4 nitrogen and oxygen atoms in total. The van der Waals surface area contributed by atoms with E-state index in [-0.39, 0.29) is 6.04 Å². The Balaban J connectivity index is 2.38. The van der Waals surface area contributed by atoms with Crippen LogP contribution < -0.4 is 5.73 Å². The first-order chi connectivity index (χ1) is 6.70. The van der Waals surface area contributed by atoms with Crippen LogP contribution in [0.3, 0.4) is 0 Å². The van der Waals surface area contributed by atoms with Crippen molar-refractivity contribution in [2.75, 3.05) is 0 Å². The third kappa shape index (κ3) is 1.49. The molecule has 2 aromatic heterocycles. The Bertz CT molecular complexity index is 394. The van der Waals surface area contributed by atoms with E-state index in [9.17, 15) is 0 Å². The second-order valence-electron chi connectivity index (χ2n) is 2.99. The first-order valence-corrected chi connectivity index (χ1v) is 4.96. The van der Waals surface area contributed by atoms with Crippen LogP contribution in [0.15, 0.2) is 33.5 Å². The summed E-state index contributed by atoms with van der Waals surface area (Å²) in [6.45, 7) is 0. The van der Waals surface area contributed by atoms with E-state index >= 15 is 0 Å². The predicted molar refractivity (Wildman–Crippen MR) is 55.6 cm³/mol. The second kappa shape index (κ2) is 3.59. The molecule has 0 fully saturated rings. The van der Waals surface area contributed by atoms with Crippen molar-refractivity contribution in [3.8, 4) is 0 Å². The molecular weight excluding hydrogens is 246 g/mol. The van der Waals surface area contributed by atoms with Gasteiger partial charge in [0.2, 0.25) is 0 Å². The van der Waals surface area contributed by atoms with Gasteiger partial charge in [0.25, 0.3) is 0 Å². The van der Waals surface area contributed by atoms with Crippen molar-refractivity contribution in [2.24, 2.45) is 12.8 Å². The molecule has 0 amide bonds. The average molecular weight is 256 g/mol. The molecule has 0 aliphatic heterocycles. The van der Waals surface area contributed by atoms with Crippen molar-refractivity contribution in [3.05, 3.63) is 40.5 Å². The number of nitrogens with zero attached hydrogens (tertiary/aromatic N) is 2. The lowest BCUT2D eigenvalue weighted by atomic mass is 10.2. The van der Waals surface area contributed by atoms with Gasteiger partial charge in [-0.25, -0.2) is 0 Å². The van der Waals surface area contributed by atoms with E-state index in [1.54, 1.807) is 17.1 Å². The smallest absolute Gasteiger partial charge is 0.140 e. The average Bonchev–Trinajstić information content (AvgIpc) is 2.73. The van der Waals surface area contributed by atoms with E-state index in [2.05, 4.69) is 21.0 Å². The SMILES string of the molecule is Cn1nccc1C(N)c1occc1Br. The van der Waals surface area contributed by atoms with Gasteiger partial charge in [0, 0.05) is 13.2 Å². The number of hydrogen-bond donors (Lipinski definition) is 1. The minimum absolute atomic E-state index is 0.285. The molecule has 0 aliphatic rings. The lowest BCUT2D eigenvalue weighted by Crippen LogP contribution is -2.15. The minimum Gasteiger partial charge on any atom is -0.466 e. The maximum Gasteiger partial charge on any atom is 0.140 e. The second-order valence-corrected chi connectivity index (χ2v) is 3.84. The van der Waals surface area contributed by atoms with Crippen LogP contribution in [0.2, 0.25) is 0 Å². The Morgan fingerprint density at radius 2 is 2.36 bits per heavy atom. The molecule has 0 aromatic carbocycles. The summed E-state index contributed by atoms with van der Waals surface area (Å²) < 4.78 is 7.91. The van der Waals surface area contributed by atoms with Gasteiger partial charge in [0.1, 0.15) is 11.8 Å². The fourth-order valence-electron chi connectivity index (χ4n) is 1.35. The van der Waals surface area contributed by atoms with E-state index < -0.39 is 0 Å². The van der Waals surface area contributed by atoms with Crippen LogP contribution in [0.5, 0.6) is 0 Å². The van der Waals surface area contributed by atoms with Gasteiger partial charge >= 0.3 is 0 Å². The van der Waals surface area contributed by atoms with E-state index in [0.29, 0.717) is 5.76 Å². The number of halogens is 1. The topological polar surface area (TPSA) is 57.0 Å². The van der Waals surface area contributed by atoms with Gasteiger partial charge in [0.15, 0.2) is 0 Å². The molecule has 0 saturated heterocycles. The Morgan fingerprint density at radius 1 is 1.57 bits per heavy atom. The number of rotatable bonds is 2. The summed E-state index contributed by atoms with van der Waals surface area (Å²) in [5.74, 6) is 0.716. The van der Waals surface area contributed by atoms with Crippen molar-refractivity contribution in [1.29, 1.82) is 0 Å². The van der Waals surface area contributed by atoms with Gasteiger partial charge in [-0.05, 0) is 28.1 Å². The normalized spacial score (nSPS) is 13.1. The third-order valence-corrected chi connectivity index (χ3v) is 2.76. The summed E-state index contributed by atoms with van der Waals surface area (Å²) >= 11 is 3.37. The van der Waals surface area contributed by atoms with Gasteiger partial charge in [-0.1, -0.05) is 0 Å². The molecular formula is C9H10BrN3O. The maximum absolute atomic E-state index is 6.02. The van der Waals surface area contributed by atoms with Crippen molar-refractivity contribution < 1.29 is 4.42 Å². The monoisotopic (exact) mass is 255 g/mol. The van der Waals surface area contributed by atoms with Crippen molar-refractivity contribution in [1.82, 2.24) is 9.78 Å². The van der Waals surface area contributed by atoms with Gasteiger partial charge in [0.05, 0.1) is 16.4 Å². The molecule has 2 heterocycles. The zero-order chi connectivity index (χ0) is 10.1. The summed E-state index contributed by atoms with van der Waals surface area (Å²) in [6.07, 6.45) is 3.32. The highest BCUT2D eigenvalue weighted by atomic mass is 79.9. The van der Waals surface area contributed by atoms with Crippen LogP contribution in [0, 0.1) is 0 Å². The number of furan rings is 1. The molecule has 2 aromatic rings. The summed E-state index contributed by atoms with van der Waals surface area (Å²) in [4.78, 5) is 0. The summed E-state index contributed by atoms with van der Waals surface area (Å²) in [7, 11) is 1.85. The van der Waals surface area contributed by atoms with Gasteiger partial charge in [-0.15, -0.1) is 0 Å². The molecule has 74 valence electrons. The Kier molecular flexibility index (Phi) is 2.43. The Morgan fingerprint density at radius 3 is 2.86 bits per heavy atom. The number of nitrogens with two attached hydrogens (primary N) is 1. The maximum atomic E-state index is 6.02. The molecule has 0 radical (unpaired) electrons. The highest BCUT2D eigenvalue weighted by Crippen LogP contribution is 2.27. The Hall–Kier alpha value is -1.07. The largest absolute Gasteiger partial charge is 0.466 e.